The van der Waals surface area contributed by atoms with Gasteiger partial charge in [0, 0.05) is 28.4 Å². The fourth-order valence-electron chi connectivity index (χ4n) is 2.61. The van der Waals surface area contributed by atoms with Crippen LogP contribution >= 0.6 is 23.4 Å². The van der Waals surface area contributed by atoms with Crippen molar-refractivity contribution < 1.29 is 13.2 Å². The number of halogens is 1. The van der Waals surface area contributed by atoms with Gasteiger partial charge in [-0.2, -0.15) is 5.26 Å². The average molecular weight is 473 g/mol. The molecule has 0 fully saturated rings. The van der Waals surface area contributed by atoms with E-state index >= 15 is 0 Å². The Morgan fingerprint density at radius 1 is 1.10 bits per heavy atom. The van der Waals surface area contributed by atoms with Gasteiger partial charge in [-0.25, -0.2) is 18.5 Å². The van der Waals surface area contributed by atoms with Gasteiger partial charge in [-0.15, -0.1) is 11.8 Å². The standard InChI is InChI=1S/C21H17ClN4O3S2/c22-16-4-1-14(2-5-16)19-10-3-15(13-23)21(26-19)30-12-11-20(27)25-17-6-8-18(9-7-17)31(24,28)29/h1-10H,11-12H2,(H,25,27)(H2,24,28,29). The third-order valence-corrected chi connectivity index (χ3v) is 6.33. The number of thioether (sulfide) groups is 1. The van der Waals surface area contributed by atoms with Crippen LogP contribution in [0.3, 0.4) is 0 Å². The highest BCUT2D eigenvalue weighted by Crippen LogP contribution is 2.26. The Morgan fingerprint density at radius 2 is 1.77 bits per heavy atom. The molecule has 1 amide bonds. The Labute approximate surface area is 189 Å². The highest BCUT2D eigenvalue weighted by Gasteiger charge is 2.11. The molecular weight excluding hydrogens is 456 g/mol. The first kappa shape index (κ1) is 22.8. The van der Waals surface area contributed by atoms with Gasteiger partial charge in [0.05, 0.1) is 16.2 Å². The van der Waals surface area contributed by atoms with Crippen LogP contribution in [0.5, 0.6) is 0 Å². The number of pyridine rings is 1. The smallest absolute Gasteiger partial charge is 0.238 e. The summed E-state index contributed by atoms with van der Waals surface area (Å²) in [6.45, 7) is 0. The molecule has 3 N–H and O–H groups in total. The number of benzene rings is 2. The minimum atomic E-state index is -3.78. The quantitative estimate of drug-likeness (QED) is 0.499. The van der Waals surface area contributed by atoms with E-state index < -0.39 is 10.0 Å². The van der Waals surface area contributed by atoms with Crippen LogP contribution in [-0.2, 0) is 14.8 Å². The summed E-state index contributed by atoms with van der Waals surface area (Å²) in [6.07, 6.45) is 0.180. The molecule has 0 aliphatic carbocycles. The number of carbonyl (C=O) groups excluding carboxylic acids is 1. The van der Waals surface area contributed by atoms with Crippen LogP contribution in [0.25, 0.3) is 11.3 Å². The van der Waals surface area contributed by atoms with Crippen LogP contribution in [0, 0.1) is 11.3 Å². The van der Waals surface area contributed by atoms with E-state index in [0.29, 0.717) is 32.7 Å². The zero-order valence-electron chi connectivity index (χ0n) is 16.1. The van der Waals surface area contributed by atoms with E-state index in [9.17, 15) is 18.5 Å². The van der Waals surface area contributed by atoms with Crippen LogP contribution in [0.2, 0.25) is 5.02 Å². The lowest BCUT2D eigenvalue weighted by Crippen LogP contribution is -2.14. The average Bonchev–Trinajstić information content (AvgIpc) is 2.74. The highest BCUT2D eigenvalue weighted by molar-refractivity contribution is 7.99. The number of carbonyl (C=O) groups is 1. The molecule has 1 heterocycles. The number of aromatic nitrogens is 1. The van der Waals surface area contributed by atoms with Gasteiger partial charge in [-0.3, -0.25) is 4.79 Å². The predicted octanol–water partition coefficient (Wildman–Crippen LogP) is 4.04. The summed E-state index contributed by atoms with van der Waals surface area (Å²) in [6, 6.07) is 18.4. The Kier molecular flexibility index (Phi) is 7.30. The van der Waals surface area contributed by atoms with Gasteiger partial charge in [-0.1, -0.05) is 23.7 Å². The van der Waals surface area contributed by atoms with Crippen molar-refractivity contribution in [1.29, 1.82) is 5.26 Å². The second-order valence-corrected chi connectivity index (χ2v) is 9.47. The Bertz CT molecular complexity index is 1240. The minimum absolute atomic E-state index is 0.0308. The number of anilines is 1. The van der Waals surface area contributed by atoms with Crippen molar-refractivity contribution in [2.24, 2.45) is 5.14 Å². The van der Waals surface area contributed by atoms with Gasteiger partial charge in [0.25, 0.3) is 0 Å². The van der Waals surface area contributed by atoms with E-state index in [-0.39, 0.29) is 17.2 Å². The summed E-state index contributed by atoms with van der Waals surface area (Å²) in [5.41, 5.74) is 2.47. The third-order valence-electron chi connectivity index (χ3n) is 4.16. The molecule has 3 rings (SSSR count). The highest BCUT2D eigenvalue weighted by atomic mass is 35.5. The number of nitrogens with one attached hydrogen (secondary N) is 1. The molecule has 0 bridgehead atoms. The monoisotopic (exact) mass is 472 g/mol. The van der Waals surface area contributed by atoms with Crippen molar-refractivity contribution in [3.05, 3.63) is 71.2 Å². The molecule has 0 atom stereocenters. The first-order valence-corrected chi connectivity index (χ1v) is 11.9. The molecule has 0 unspecified atom stereocenters. The lowest BCUT2D eigenvalue weighted by molar-refractivity contribution is -0.115. The van der Waals surface area contributed by atoms with Crippen LogP contribution in [-0.4, -0.2) is 25.1 Å². The second-order valence-electron chi connectivity index (χ2n) is 6.38. The first-order valence-electron chi connectivity index (χ1n) is 8.99. The van der Waals surface area contributed by atoms with E-state index in [4.69, 9.17) is 16.7 Å². The molecule has 0 aliphatic heterocycles. The molecule has 0 aliphatic rings. The Balaban J connectivity index is 1.61. The van der Waals surface area contributed by atoms with E-state index in [1.807, 2.05) is 12.1 Å². The molecule has 0 radical (unpaired) electrons. The molecule has 0 saturated heterocycles. The van der Waals surface area contributed by atoms with Crippen molar-refractivity contribution in [3.63, 3.8) is 0 Å². The summed E-state index contributed by atoms with van der Waals surface area (Å²) in [5.74, 6) is 0.163. The van der Waals surface area contributed by atoms with E-state index in [1.54, 1.807) is 24.3 Å². The van der Waals surface area contributed by atoms with Crippen molar-refractivity contribution in [3.8, 4) is 17.3 Å². The fourth-order valence-corrected chi connectivity index (χ4v) is 4.16. The molecule has 158 valence electrons. The molecule has 2 aromatic carbocycles. The third kappa shape index (κ3) is 6.29. The molecule has 31 heavy (non-hydrogen) atoms. The van der Waals surface area contributed by atoms with Crippen LogP contribution in [0.4, 0.5) is 5.69 Å². The van der Waals surface area contributed by atoms with E-state index in [1.165, 1.54) is 36.0 Å². The van der Waals surface area contributed by atoms with E-state index in [0.717, 1.165) is 5.56 Å². The number of hydrogen-bond donors (Lipinski definition) is 2. The van der Waals surface area contributed by atoms with Crippen molar-refractivity contribution in [1.82, 2.24) is 4.98 Å². The molecule has 10 heteroatoms. The predicted molar refractivity (Wildman–Crippen MR) is 121 cm³/mol. The number of sulfonamides is 1. The maximum atomic E-state index is 12.2. The summed E-state index contributed by atoms with van der Waals surface area (Å²) < 4.78 is 22.6. The Morgan fingerprint density at radius 3 is 2.39 bits per heavy atom. The van der Waals surface area contributed by atoms with Crippen molar-refractivity contribution in [2.45, 2.75) is 16.3 Å². The van der Waals surface area contributed by atoms with Gasteiger partial charge < -0.3 is 5.32 Å². The van der Waals surface area contributed by atoms with Crippen LogP contribution in [0.15, 0.2) is 70.6 Å². The normalized spacial score (nSPS) is 11.0. The number of hydrogen-bond acceptors (Lipinski definition) is 6. The number of nitrogens with zero attached hydrogens (tertiary/aromatic N) is 2. The molecule has 0 saturated carbocycles. The minimum Gasteiger partial charge on any atom is -0.326 e. The van der Waals surface area contributed by atoms with Gasteiger partial charge >= 0.3 is 0 Å². The Hall–Kier alpha value is -2.90. The SMILES string of the molecule is N#Cc1ccc(-c2ccc(Cl)cc2)nc1SCCC(=O)Nc1ccc(S(N)(=O)=O)cc1. The summed E-state index contributed by atoms with van der Waals surface area (Å²) in [5, 5.41) is 18.3. The second kappa shape index (κ2) is 9.94. The number of nitrogens with two attached hydrogens (primary N) is 1. The largest absolute Gasteiger partial charge is 0.326 e. The zero-order chi connectivity index (χ0) is 22.4. The molecule has 1 aromatic heterocycles. The summed E-state index contributed by atoms with van der Waals surface area (Å²) >= 11 is 7.24. The maximum absolute atomic E-state index is 12.2. The van der Waals surface area contributed by atoms with Crippen LogP contribution < -0.4 is 10.5 Å². The summed E-state index contributed by atoms with van der Waals surface area (Å²) in [7, 11) is -3.78. The molecule has 0 spiro atoms. The van der Waals surface area contributed by atoms with Gasteiger partial charge in [0.1, 0.15) is 11.1 Å². The van der Waals surface area contributed by atoms with E-state index in [2.05, 4.69) is 16.4 Å². The van der Waals surface area contributed by atoms with Crippen molar-refractivity contribution >= 4 is 45.0 Å². The molecular formula is C21H17ClN4O3S2. The molecule has 7 nitrogen and oxygen atoms in total. The van der Waals surface area contributed by atoms with Crippen LogP contribution in [0.1, 0.15) is 12.0 Å². The van der Waals surface area contributed by atoms with Gasteiger partial charge in [-0.05, 0) is 48.5 Å². The first-order chi connectivity index (χ1) is 14.8. The maximum Gasteiger partial charge on any atom is 0.238 e. The zero-order valence-corrected chi connectivity index (χ0v) is 18.5. The molecule has 3 aromatic rings. The topological polar surface area (TPSA) is 126 Å². The summed E-state index contributed by atoms with van der Waals surface area (Å²) in [4.78, 5) is 16.7. The number of nitriles is 1. The fraction of sp³-hybridized carbons (Fsp3) is 0.0952. The number of primary sulfonamides is 1. The lowest BCUT2D eigenvalue weighted by Gasteiger charge is -2.08. The van der Waals surface area contributed by atoms with Gasteiger partial charge in [0.15, 0.2) is 0 Å². The van der Waals surface area contributed by atoms with Crippen molar-refractivity contribution in [2.75, 3.05) is 11.1 Å². The number of amides is 1. The number of rotatable bonds is 7. The van der Waals surface area contributed by atoms with Gasteiger partial charge in [0.2, 0.25) is 15.9 Å². The lowest BCUT2D eigenvalue weighted by atomic mass is 10.1.